The summed E-state index contributed by atoms with van der Waals surface area (Å²) in [7, 11) is -3.51. The first kappa shape index (κ1) is 15.1. The smallest absolute Gasteiger partial charge is 0.258 e. The van der Waals surface area contributed by atoms with Crippen LogP contribution in [-0.4, -0.2) is 58.6 Å². The Bertz CT molecular complexity index is 864. The minimum atomic E-state index is -3.51. The highest BCUT2D eigenvalue weighted by Crippen LogP contribution is 2.33. The fraction of sp³-hybridized carbons (Fsp3) is 0.615. The van der Waals surface area contributed by atoms with Gasteiger partial charge >= 0.3 is 0 Å². The molecule has 0 aromatic carbocycles. The molecule has 0 spiro atoms. The summed E-state index contributed by atoms with van der Waals surface area (Å²) in [6.07, 6.45) is 2.83. The maximum atomic E-state index is 12.5. The second-order valence-corrected chi connectivity index (χ2v) is 8.28. The maximum Gasteiger partial charge on any atom is 0.258 e. The van der Waals surface area contributed by atoms with Crippen molar-refractivity contribution in [2.45, 2.75) is 31.1 Å². The van der Waals surface area contributed by atoms with E-state index in [1.807, 2.05) is 6.92 Å². The summed E-state index contributed by atoms with van der Waals surface area (Å²) in [6, 6.07) is 0.112. The van der Waals surface area contributed by atoms with E-state index >= 15 is 0 Å². The van der Waals surface area contributed by atoms with Crippen molar-refractivity contribution in [3.05, 3.63) is 11.5 Å². The third kappa shape index (κ3) is 2.47. The van der Waals surface area contributed by atoms with E-state index in [2.05, 4.69) is 20.0 Å². The van der Waals surface area contributed by atoms with Gasteiger partial charge in [0.25, 0.3) is 10.0 Å². The lowest BCUT2D eigenvalue weighted by Crippen LogP contribution is -2.44. The maximum absolute atomic E-state index is 12.5. The number of hydrogen-bond donors (Lipinski definition) is 0. The van der Waals surface area contributed by atoms with Gasteiger partial charge in [0.05, 0.1) is 36.1 Å². The quantitative estimate of drug-likeness (QED) is 0.758. The first-order valence-electron chi connectivity index (χ1n) is 7.48. The van der Waals surface area contributed by atoms with Crippen LogP contribution in [0.25, 0.3) is 11.0 Å². The summed E-state index contributed by atoms with van der Waals surface area (Å²) in [5.74, 6) is 0.605. The molecule has 0 radical (unpaired) electrons. The van der Waals surface area contributed by atoms with Crippen LogP contribution in [0.15, 0.2) is 6.20 Å². The van der Waals surface area contributed by atoms with E-state index in [0.29, 0.717) is 43.8 Å². The molecule has 23 heavy (non-hydrogen) atoms. The van der Waals surface area contributed by atoms with Crippen molar-refractivity contribution in [2.75, 3.05) is 24.7 Å². The van der Waals surface area contributed by atoms with Crippen LogP contribution in [-0.2, 0) is 14.8 Å². The average molecular weight is 358 g/mol. The number of morpholine rings is 1. The van der Waals surface area contributed by atoms with Crippen molar-refractivity contribution in [2.24, 2.45) is 0 Å². The SMILES string of the molecule is CC1COCCN1c1nc(Cl)nc2c1cnn2S(=O)(=O)C1CC1. The molecular formula is C13H16ClN5O3S. The van der Waals surface area contributed by atoms with Crippen molar-refractivity contribution >= 4 is 38.5 Å². The van der Waals surface area contributed by atoms with Gasteiger partial charge in [-0.05, 0) is 31.4 Å². The van der Waals surface area contributed by atoms with Crippen molar-refractivity contribution in [1.29, 1.82) is 0 Å². The van der Waals surface area contributed by atoms with Gasteiger partial charge < -0.3 is 9.64 Å². The molecule has 0 bridgehead atoms. The lowest BCUT2D eigenvalue weighted by atomic mass is 10.2. The van der Waals surface area contributed by atoms with E-state index in [1.165, 1.54) is 6.20 Å². The fourth-order valence-electron chi connectivity index (χ4n) is 2.80. The zero-order chi connectivity index (χ0) is 16.2. The number of anilines is 1. The number of ether oxygens (including phenoxy) is 1. The molecular weight excluding hydrogens is 342 g/mol. The fourth-order valence-corrected chi connectivity index (χ4v) is 4.53. The summed E-state index contributed by atoms with van der Waals surface area (Å²) in [4.78, 5) is 10.5. The van der Waals surface area contributed by atoms with Gasteiger partial charge in [-0.1, -0.05) is 0 Å². The molecule has 1 atom stereocenters. The Balaban J connectivity index is 1.88. The summed E-state index contributed by atoms with van der Waals surface area (Å²) >= 11 is 6.05. The van der Waals surface area contributed by atoms with Gasteiger partial charge in [0.1, 0.15) is 5.82 Å². The third-order valence-electron chi connectivity index (χ3n) is 4.18. The number of rotatable bonds is 3. The molecule has 2 aromatic rings. The highest BCUT2D eigenvalue weighted by atomic mass is 35.5. The molecule has 0 N–H and O–H groups in total. The largest absolute Gasteiger partial charge is 0.377 e. The molecule has 2 fully saturated rings. The second kappa shape index (κ2) is 5.29. The Morgan fingerprint density at radius 2 is 2.13 bits per heavy atom. The number of hydrogen-bond acceptors (Lipinski definition) is 7. The van der Waals surface area contributed by atoms with Crippen LogP contribution in [0.3, 0.4) is 0 Å². The highest BCUT2D eigenvalue weighted by Gasteiger charge is 2.39. The van der Waals surface area contributed by atoms with Gasteiger partial charge in [-0.2, -0.15) is 15.1 Å². The van der Waals surface area contributed by atoms with Gasteiger partial charge in [-0.3, -0.25) is 0 Å². The molecule has 4 rings (SSSR count). The Hall–Kier alpha value is -1.45. The van der Waals surface area contributed by atoms with Gasteiger partial charge in [0, 0.05) is 6.54 Å². The van der Waals surface area contributed by atoms with Crippen molar-refractivity contribution in [1.82, 2.24) is 19.2 Å². The van der Waals surface area contributed by atoms with Crippen molar-refractivity contribution in [3.8, 4) is 0 Å². The number of aromatic nitrogens is 4. The molecule has 124 valence electrons. The molecule has 2 aliphatic rings. The van der Waals surface area contributed by atoms with Crippen LogP contribution in [0.2, 0.25) is 5.28 Å². The Morgan fingerprint density at radius 1 is 1.35 bits per heavy atom. The van der Waals surface area contributed by atoms with Gasteiger partial charge in [-0.15, -0.1) is 4.09 Å². The first-order chi connectivity index (χ1) is 11.0. The van der Waals surface area contributed by atoms with Crippen molar-refractivity contribution < 1.29 is 13.2 Å². The molecule has 2 aromatic heterocycles. The van der Waals surface area contributed by atoms with Crippen LogP contribution < -0.4 is 4.90 Å². The van der Waals surface area contributed by atoms with E-state index in [0.717, 1.165) is 4.09 Å². The molecule has 1 unspecified atom stereocenters. The molecule has 10 heteroatoms. The van der Waals surface area contributed by atoms with E-state index in [-0.39, 0.29) is 22.2 Å². The Morgan fingerprint density at radius 3 is 2.83 bits per heavy atom. The minimum Gasteiger partial charge on any atom is -0.377 e. The topological polar surface area (TPSA) is 90.2 Å². The zero-order valence-electron chi connectivity index (χ0n) is 12.5. The van der Waals surface area contributed by atoms with E-state index < -0.39 is 10.0 Å². The van der Waals surface area contributed by atoms with Gasteiger partial charge in [0.2, 0.25) is 5.28 Å². The van der Waals surface area contributed by atoms with Crippen LogP contribution >= 0.6 is 11.6 Å². The normalized spacial score (nSPS) is 22.7. The summed E-state index contributed by atoms with van der Waals surface area (Å²) < 4.78 is 31.4. The van der Waals surface area contributed by atoms with E-state index in [4.69, 9.17) is 16.3 Å². The third-order valence-corrected chi connectivity index (χ3v) is 6.41. The first-order valence-corrected chi connectivity index (χ1v) is 9.36. The number of fused-ring (bicyclic) bond motifs is 1. The predicted molar refractivity (Wildman–Crippen MR) is 85.3 cm³/mol. The molecule has 0 amide bonds. The van der Waals surface area contributed by atoms with Crippen LogP contribution in [0.1, 0.15) is 19.8 Å². The van der Waals surface area contributed by atoms with Crippen LogP contribution in [0.5, 0.6) is 0 Å². The standard InChI is InChI=1S/C13H16ClN5O3S/c1-8-7-22-5-4-18(8)11-10-6-15-19(12(10)17-13(14)16-11)23(20,21)9-2-3-9/h6,8-9H,2-5,7H2,1H3. The molecule has 1 saturated heterocycles. The van der Waals surface area contributed by atoms with Gasteiger partial charge in [-0.25, -0.2) is 8.42 Å². The highest BCUT2D eigenvalue weighted by molar-refractivity contribution is 7.90. The molecule has 1 saturated carbocycles. The second-order valence-electron chi connectivity index (χ2n) is 5.90. The Kier molecular flexibility index (Phi) is 3.47. The predicted octanol–water partition coefficient (Wildman–Crippen LogP) is 1.05. The number of nitrogens with zero attached hydrogens (tertiary/aromatic N) is 5. The van der Waals surface area contributed by atoms with Crippen LogP contribution in [0.4, 0.5) is 5.82 Å². The van der Waals surface area contributed by atoms with Crippen LogP contribution in [0, 0.1) is 0 Å². The average Bonchev–Trinajstić information content (AvgIpc) is 3.28. The molecule has 1 aliphatic carbocycles. The van der Waals surface area contributed by atoms with Gasteiger partial charge in [0.15, 0.2) is 5.65 Å². The summed E-state index contributed by atoms with van der Waals surface area (Å²) in [5, 5.41) is 4.29. The molecule has 8 nitrogen and oxygen atoms in total. The Labute approximate surface area is 138 Å². The minimum absolute atomic E-state index is 0.0129. The van der Waals surface area contributed by atoms with E-state index in [9.17, 15) is 8.42 Å². The summed E-state index contributed by atoms with van der Waals surface area (Å²) in [5.41, 5.74) is 0.241. The summed E-state index contributed by atoms with van der Waals surface area (Å²) in [6.45, 7) is 3.84. The lowest BCUT2D eigenvalue weighted by molar-refractivity contribution is 0.0987. The molecule has 1 aliphatic heterocycles. The lowest BCUT2D eigenvalue weighted by Gasteiger charge is -2.34. The van der Waals surface area contributed by atoms with Crippen molar-refractivity contribution in [3.63, 3.8) is 0 Å². The monoisotopic (exact) mass is 357 g/mol. The molecule has 3 heterocycles. The zero-order valence-corrected chi connectivity index (χ0v) is 14.1. The van der Waals surface area contributed by atoms with E-state index in [1.54, 1.807) is 0 Å². The number of halogens is 1.